The Morgan fingerprint density at radius 1 is 1.14 bits per heavy atom. The lowest BCUT2D eigenvalue weighted by Crippen LogP contribution is -2.29. The zero-order valence-electron chi connectivity index (χ0n) is 13.5. The fraction of sp³-hybridized carbons (Fsp3) is 0.368. The van der Waals surface area contributed by atoms with Crippen LogP contribution in [-0.2, 0) is 12.0 Å². The van der Waals surface area contributed by atoms with E-state index >= 15 is 0 Å². The highest BCUT2D eigenvalue weighted by atomic mass is 32.2. The first-order valence-electron chi connectivity index (χ1n) is 7.77. The SMILES string of the molecule is COc1ccc2c(c1)CCCSc1ccccc1C(C)(C)N2. The fourth-order valence-electron chi connectivity index (χ4n) is 2.98. The average molecular weight is 313 g/mol. The third-order valence-electron chi connectivity index (χ3n) is 4.17. The van der Waals surface area contributed by atoms with Crippen LogP contribution in [0.1, 0.15) is 31.4 Å². The average Bonchev–Trinajstić information content (AvgIpc) is 2.52. The molecule has 0 radical (unpaired) electrons. The second-order valence-corrected chi connectivity index (χ2v) is 7.36. The lowest BCUT2D eigenvalue weighted by Gasteiger charge is -2.32. The highest BCUT2D eigenvalue weighted by Crippen LogP contribution is 2.37. The van der Waals surface area contributed by atoms with Gasteiger partial charge in [-0.15, -0.1) is 11.8 Å². The van der Waals surface area contributed by atoms with E-state index in [0.717, 1.165) is 17.9 Å². The van der Waals surface area contributed by atoms with Crippen molar-refractivity contribution >= 4 is 17.4 Å². The Bertz CT molecular complexity index is 666. The number of ether oxygens (including phenoxy) is 1. The lowest BCUT2D eigenvalue weighted by molar-refractivity contribution is 0.414. The topological polar surface area (TPSA) is 21.3 Å². The largest absolute Gasteiger partial charge is 0.497 e. The maximum atomic E-state index is 5.38. The van der Waals surface area contributed by atoms with E-state index in [4.69, 9.17) is 4.74 Å². The molecule has 0 bridgehead atoms. The molecule has 0 saturated heterocycles. The number of benzene rings is 2. The van der Waals surface area contributed by atoms with E-state index in [1.165, 1.54) is 28.1 Å². The number of nitrogens with one attached hydrogen (secondary N) is 1. The van der Waals surface area contributed by atoms with Crippen molar-refractivity contribution in [1.82, 2.24) is 0 Å². The van der Waals surface area contributed by atoms with E-state index in [1.54, 1.807) is 7.11 Å². The van der Waals surface area contributed by atoms with Gasteiger partial charge < -0.3 is 10.1 Å². The van der Waals surface area contributed by atoms with Crippen molar-refractivity contribution in [2.75, 3.05) is 18.2 Å². The van der Waals surface area contributed by atoms with Gasteiger partial charge in [0.05, 0.1) is 12.6 Å². The fourth-order valence-corrected chi connectivity index (χ4v) is 4.15. The number of fused-ring (bicyclic) bond motifs is 2. The number of rotatable bonds is 1. The molecule has 0 atom stereocenters. The first-order chi connectivity index (χ1) is 10.6. The summed E-state index contributed by atoms with van der Waals surface area (Å²) in [4.78, 5) is 1.39. The van der Waals surface area contributed by atoms with Crippen LogP contribution in [0.5, 0.6) is 5.75 Å². The third kappa shape index (κ3) is 3.09. The summed E-state index contributed by atoms with van der Waals surface area (Å²) >= 11 is 1.96. The minimum Gasteiger partial charge on any atom is -0.497 e. The molecule has 3 heteroatoms. The van der Waals surface area contributed by atoms with Gasteiger partial charge in [0.1, 0.15) is 5.75 Å². The standard InChI is InChI=1S/C19H23NOS/c1-19(2)16-8-4-5-9-18(16)22-12-6-7-14-13-15(21-3)10-11-17(14)20-19/h4-5,8-11,13,20H,6-7,12H2,1-3H3. The number of methoxy groups -OCH3 is 1. The molecule has 22 heavy (non-hydrogen) atoms. The Morgan fingerprint density at radius 2 is 1.95 bits per heavy atom. The molecule has 0 unspecified atom stereocenters. The van der Waals surface area contributed by atoms with Gasteiger partial charge in [-0.05, 0) is 67.8 Å². The van der Waals surface area contributed by atoms with Crippen molar-refractivity contribution in [3.8, 4) is 5.75 Å². The summed E-state index contributed by atoms with van der Waals surface area (Å²) in [6.07, 6.45) is 2.24. The van der Waals surface area contributed by atoms with E-state index < -0.39 is 0 Å². The molecule has 1 heterocycles. The molecule has 0 aromatic heterocycles. The van der Waals surface area contributed by atoms with Crippen molar-refractivity contribution in [1.29, 1.82) is 0 Å². The predicted octanol–water partition coefficient (Wildman–Crippen LogP) is 5.08. The molecular weight excluding hydrogens is 290 g/mol. The number of thioether (sulfide) groups is 1. The van der Waals surface area contributed by atoms with Gasteiger partial charge in [-0.2, -0.15) is 0 Å². The van der Waals surface area contributed by atoms with Gasteiger partial charge in [0, 0.05) is 10.6 Å². The number of anilines is 1. The molecule has 0 saturated carbocycles. The number of hydrogen-bond donors (Lipinski definition) is 1. The van der Waals surface area contributed by atoms with Crippen LogP contribution in [0.4, 0.5) is 5.69 Å². The second-order valence-electron chi connectivity index (χ2n) is 6.22. The number of aryl methyl sites for hydroxylation is 1. The van der Waals surface area contributed by atoms with E-state index in [9.17, 15) is 0 Å². The van der Waals surface area contributed by atoms with Crippen molar-refractivity contribution < 1.29 is 4.74 Å². The summed E-state index contributed by atoms with van der Waals surface area (Å²) in [5.41, 5.74) is 3.81. The van der Waals surface area contributed by atoms with Crippen LogP contribution in [0.2, 0.25) is 0 Å². The van der Waals surface area contributed by atoms with Crippen molar-refractivity contribution in [3.63, 3.8) is 0 Å². The van der Waals surface area contributed by atoms with E-state index in [2.05, 4.69) is 55.6 Å². The van der Waals surface area contributed by atoms with Crippen molar-refractivity contribution in [2.45, 2.75) is 37.1 Å². The van der Waals surface area contributed by atoms with Crippen LogP contribution in [-0.4, -0.2) is 12.9 Å². The zero-order chi connectivity index (χ0) is 15.6. The molecule has 1 N–H and O–H groups in total. The lowest BCUT2D eigenvalue weighted by atomic mass is 9.93. The first-order valence-corrected chi connectivity index (χ1v) is 8.76. The van der Waals surface area contributed by atoms with Gasteiger partial charge >= 0.3 is 0 Å². The van der Waals surface area contributed by atoms with Crippen molar-refractivity contribution in [2.24, 2.45) is 0 Å². The van der Waals surface area contributed by atoms with Crippen LogP contribution in [0, 0.1) is 0 Å². The summed E-state index contributed by atoms with van der Waals surface area (Å²) in [5.74, 6) is 2.08. The first kappa shape index (κ1) is 15.3. The van der Waals surface area contributed by atoms with E-state index in [-0.39, 0.29) is 5.54 Å². The van der Waals surface area contributed by atoms with E-state index in [1.807, 2.05) is 17.8 Å². The molecule has 2 aromatic rings. The molecule has 2 nitrogen and oxygen atoms in total. The second kappa shape index (κ2) is 6.25. The Hall–Kier alpha value is -1.61. The molecule has 3 rings (SSSR count). The van der Waals surface area contributed by atoms with Crippen molar-refractivity contribution in [3.05, 3.63) is 53.6 Å². The molecule has 1 aliphatic rings. The van der Waals surface area contributed by atoms with Crippen LogP contribution in [0.25, 0.3) is 0 Å². The summed E-state index contributed by atoms with van der Waals surface area (Å²) in [6, 6.07) is 15.1. The summed E-state index contributed by atoms with van der Waals surface area (Å²) in [7, 11) is 1.73. The molecule has 1 aliphatic heterocycles. The van der Waals surface area contributed by atoms with Gasteiger partial charge in [-0.1, -0.05) is 18.2 Å². The highest BCUT2D eigenvalue weighted by molar-refractivity contribution is 7.99. The van der Waals surface area contributed by atoms with Crippen LogP contribution in [0.3, 0.4) is 0 Å². The molecule has 2 aromatic carbocycles. The van der Waals surface area contributed by atoms with Gasteiger partial charge in [0.25, 0.3) is 0 Å². The van der Waals surface area contributed by atoms with E-state index in [0.29, 0.717) is 0 Å². The monoisotopic (exact) mass is 313 g/mol. The molecule has 0 amide bonds. The number of hydrogen-bond acceptors (Lipinski definition) is 3. The highest BCUT2D eigenvalue weighted by Gasteiger charge is 2.25. The van der Waals surface area contributed by atoms with Crippen LogP contribution in [0.15, 0.2) is 47.4 Å². The van der Waals surface area contributed by atoms with Gasteiger partial charge in [0.2, 0.25) is 0 Å². The normalized spacial score (nSPS) is 16.9. The molecule has 0 fully saturated rings. The smallest absolute Gasteiger partial charge is 0.119 e. The maximum Gasteiger partial charge on any atom is 0.119 e. The summed E-state index contributed by atoms with van der Waals surface area (Å²) in [6.45, 7) is 4.50. The minimum atomic E-state index is -0.107. The Balaban J connectivity index is 2.04. The molecule has 116 valence electrons. The quantitative estimate of drug-likeness (QED) is 0.793. The Kier molecular flexibility index (Phi) is 4.34. The summed E-state index contributed by atoms with van der Waals surface area (Å²) < 4.78 is 5.38. The third-order valence-corrected chi connectivity index (χ3v) is 5.33. The van der Waals surface area contributed by atoms with Gasteiger partial charge in [0.15, 0.2) is 0 Å². The minimum absolute atomic E-state index is 0.107. The predicted molar refractivity (Wildman–Crippen MR) is 95.1 cm³/mol. The zero-order valence-corrected chi connectivity index (χ0v) is 14.3. The Morgan fingerprint density at radius 3 is 2.77 bits per heavy atom. The van der Waals surface area contributed by atoms with Crippen LogP contribution >= 0.6 is 11.8 Å². The van der Waals surface area contributed by atoms with Gasteiger partial charge in [-0.25, -0.2) is 0 Å². The maximum absolute atomic E-state index is 5.38. The molecule has 0 spiro atoms. The molecule has 0 aliphatic carbocycles. The van der Waals surface area contributed by atoms with Crippen LogP contribution < -0.4 is 10.1 Å². The summed E-state index contributed by atoms with van der Waals surface area (Å²) in [5, 5.41) is 3.75. The van der Waals surface area contributed by atoms with Gasteiger partial charge in [-0.3, -0.25) is 0 Å². The Labute approximate surface area is 137 Å². The molecular formula is C19H23NOS.